The normalized spacial score (nSPS) is 16.2. The van der Waals surface area contributed by atoms with E-state index in [2.05, 4.69) is 12.7 Å². The molecule has 0 N–H and O–H groups in total. The molecule has 10 heavy (non-hydrogen) atoms. The van der Waals surface area contributed by atoms with E-state index in [0.29, 0.717) is 0 Å². The summed E-state index contributed by atoms with van der Waals surface area (Å²) in [5, 5.41) is 0. The summed E-state index contributed by atoms with van der Waals surface area (Å²) in [7, 11) is 0. The number of allylic oxidation sites excluding steroid dienone is 5. The van der Waals surface area contributed by atoms with Crippen molar-refractivity contribution in [2.24, 2.45) is 0 Å². The summed E-state index contributed by atoms with van der Waals surface area (Å²) in [5.41, 5.74) is 0.873. The third-order valence-electron chi connectivity index (χ3n) is 1.52. The summed E-state index contributed by atoms with van der Waals surface area (Å²) in [6, 6.07) is 0. The van der Waals surface area contributed by atoms with Crippen LogP contribution in [-0.4, -0.2) is 5.78 Å². The van der Waals surface area contributed by atoms with Crippen molar-refractivity contribution >= 4 is 5.78 Å². The maximum Gasteiger partial charge on any atom is 0.181 e. The summed E-state index contributed by atoms with van der Waals surface area (Å²) in [5.74, 6) is 0.0596. The maximum absolute atomic E-state index is 10.9. The van der Waals surface area contributed by atoms with Gasteiger partial charge >= 0.3 is 0 Å². The second-order valence-corrected chi connectivity index (χ2v) is 2.23. The van der Waals surface area contributed by atoms with Gasteiger partial charge in [-0.1, -0.05) is 24.8 Å². The predicted molar refractivity (Wildman–Crippen MR) is 41.7 cm³/mol. The van der Waals surface area contributed by atoms with Gasteiger partial charge in [-0.05, 0) is 24.5 Å². The molecule has 0 saturated carbocycles. The Morgan fingerprint density at radius 1 is 1.70 bits per heavy atom. The Morgan fingerprint density at radius 3 is 3.00 bits per heavy atom. The van der Waals surface area contributed by atoms with Crippen LogP contribution in [0.25, 0.3) is 0 Å². The zero-order valence-electron chi connectivity index (χ0n) is 5.84. The van der Waals surface area contributed by atoms with Gasteiger partial charge in [-0.3, -0.25) is 4.79 Å². The van der Waals surface area contributed by atoms with Gasteiger partial charge in [0.25, 0.3) is 0 Å². The van der Waals surface area contributed by atoms with Crippen LogP contribution in [0, 0.1) is 0 Å². The van der Waals surface area contributed by atoms with Gasteiger partial charge in [0.15, 0.2) is 5.78 Å². The Kier molecular flexibility index (Phi) is 2.21. The summed E-state index contributed by atoms with van der Waals surface area (Å²) in [6.07, 6.45) is 9.03. The van der Waals surface area contributed by atoms with E-state index in [1.54, 1.807) is 0 Å². The van der Waals surface area contributed by atoms with E-state index in [0.717, 1.165) is 18.4 Å². The predicted octanol–water partition coefficient (Wildman–Crippen LogP) is 2.02. The van der Waals surface area contributed by atoms with Gasteiger partial charge < -0.3 is 0 Å². The first-order valence-electron chi connectivity index (χ1n) is 3.37. The molecule has 0 fully saturated rings. The Bertz CT molecular complexity index is 209. The molecule has 0 aromatic heterocycles. The molecule has 0 heterocycles. The van der Waals surface area contributed by atoms with Crippen LogP contribution in [0.1, 0.15) is 12.8 Å². The van der Waals surface area contributed by atoms with E-state index in [1.165, 1.54) is 6.08 Å². The molecule has 0 aliphatic heterocycles. The fourth-order valence-electron chi connectivity index (χ4n) is 0.939. The molecule has 0 radical (unpaired) electrons. The average Bonchev–Trinajstić information content (AvgIpc) is 2.05. The first-order chi connectivity index (χ1) is 4.84. The highest BCUT2D eigenvalue weighted by atomic mass is 16.1. The number of rotatable bonds is 2. The Labute approximate surface area is 60.7 Å². The Morgan fingerprint density at radius 2 is 2.50 bits per heavy atom. The van der Waals surface area contributed by atoms with Crippen LogP contribution in [0.4, 0.5) is 0 Å². The van der Waals surface area contributed by atoms with E-state index >= 15 is 0 Å². The minimum Gasteiger partial charge on any atom is -0.290 e. The van der Waals surface area contributed by atoms with Crippen LogP contribution in [0.2, 0.25) is 0 Å². The van der Waals surface area contributed by atoms with Crippen LogP contribution < -0.4 is 0 Å². The van der Waals surface area contributed by atoms with Crippen LogP contribution in [0.5, 0.6) is 0 Å². The van der Waals surface area contributed by atoms with E-state index in [-0.39, 0.29) is 5.78 Å². The van der Waals surface area contributed by atoms with Gasteiger partial charge in [-0.25, -0.2) is 0 Å². The molecule has 0 atom stereocenters. The minimum atomic E-state index is 0.0596. The average molecular weight is 134 g/mol. The van der Waals surface area contributed by atoms with Crippen molar-refractivity contribution in [3.8, 4) is 0 Å². The Hall–Kier alpha value is -1.11. The maximum atomic E-state index is 10.9. The van der Waals surface area contributed by atoms with Crippen molar-refractivity contribution in [2.75, 3.05) is 0 Å². The van der Waals surface area contributed by atoms with Gasteiger partial charge in [0, 0.05) is 0 Å². The largest absolute Gasteiger partial charge is 0.290 e. The zero-order chi connectivity index (χ0) is 7.40. The van der Waals surface area contributed by atoms with Crippen molar-refractivity contribution in [2.45, 2.75) is 12.8 Å². The van der Waals surface area contributed by atoms with Crippen molar-refractivity contribution in [3.05, 3.63) is 36.5 Å². The third-order valence-corrected chi connectivity index (χ3v) is 1.52. The molecule has 0 saturated heterocycles. The number of carbonyl (C=O) groups is 1. The lowest BCUT2D eigenvalue weighted by Crippen LogP contribution is -1.99. The number of ketones is 1. The summed E-state index contributed by atoms with van der Waals surface area (Å²) in [4.78, 5) is 10.9. The Balaban J connectivity index is 2.71. The first kappa shape index (κ1) is 7.00. The molecule has 0 amide bonds. The molecule has 1 aliphatic carbocycles. The van der Waals surface area contributed by atoms with Crippen molar-refractivity contribution in [1.82, 2.24) is 0 Å². The molecule has 0 aromatic rings. The molecule has 1 rings (SSSR count). The van der Waals surface area contributed by atoms with Gasteiger partial charge in [-0.15, -0.1) is 0 Å². The van der Waals surface area contributed by atoms with Gasteiger partial charge in [0.1, 0.15) is 0 Å². The highest BCUT2D eigenvalue weighted by molar-refractivity contribution is 6.03. The van der Waals surface area contributed by atoms with Gasteiger partial charge in [-0.2, -0.15) is 0 Å². The second-order valence-electron chi connectivity index (χ2n) is 2.23. The molecule has 0 aromatic carbocycles. The monoisotopic (exact) mass is 134 g/mol. The minimum absolute atomic E-state index is 0.0596. The van der Waals surface area contributed by atoms with Gasteiger partial charge in [0.2, 0.25) is 0 Å². The van der Waals surface area contributed by atoms with Crippen LogP contribution >= 0.6 is 0 Å². The molecule has 0 spiro atoms. The third kappa shape index (κ3) is 1.44. The summed E-state index contributed by atoms with van der Waals surface area (Å²) < 4.78 is 0. The van der Waals surface area contributed by atoms with E-state index in [9.17, 15) is 4.79 Å². The fraction of sp³-hybridized carbons (Fsp3) is 0.222. The topological polar surface area (TPSA) is 17.1 Å². The SMILES string of the molecule is C=CC(=O)C1=CC=CCC1. The molecule has 52 valence electrons. The molecule has 1 aliphatic rings. The molecular weight excluding hydrogens is 124 g/mol. The van der Waals surface area contributed by atoms with E-state index in [1.807, 2.05) is 12.2 Å². The summed E-state index contributed by atoms with van der Waals surface area (Å²) >= 11 is 0. The van der Waals surface area contributed by atoms with Crippen LogP contribution in [0.15, 0.2) is 36.5 Å². The van der Waals surface area contributed by atoms with Crippen molar-refractivity contribution in [1.29, 1.82) is 0 Å². The standard InChI is InChI=1S/C9H10O/c1-2-9(10)8-6-4-3-5-7-8/h2-4,6H,1,5,7H2. The van der Waals surface area contributed by atoms with E-state index in [4.69, 9.17) is 0 Å². The first-order valence-corrected chi connectivity index (χ1v) is 3.37. The lowest BCUT2D eigenvalue weighted by Gasteiger charge is -2.03. The summed E-state index contributed by atoms with van der Waals surface area (Å²) in [6.45, 7) is 3.42. The molecular formula is C9H10O. The smallest absolute Gasteiger partial charge is 0.181 e. The molecule has 1 nitrogen and oxygen atoms in total. The van der Waals surface area contributed by atoms with E-state index < -0.39 is 0 Å². The van der Waals surface area contributed by atoms with Crippen molar-refractivity contribution in [3.63, 3.8) is 0 Å². The second kappa shape index (κ2) is 3.16. The van der Waals surface area contributed by atoms with Crippen LogP contribution in [-0.2, 0) is 4.79 Å². The number of hydrogen-bond acceptors (Lipinski definition) is 1. The molecule has 0 unspecified atom stereocenters. The lowest BCUT2D eigenvalue weighted by molar-refractivity contribution is -0.111. The molecule has 1 heteroatoms. The zero-order valence-corrected chi connectivity index (χ0v) is 5.84. The van der Waals surface area contributed by atoms with Gasteiger partial charge in [0.05, 0.1) is 0 Å². The van der Waals surface area contributed by atoms with Crippen molar-refractivity contribution < 1.29 is 4.79 Å². The highest BCUT2D eigenvalue weighted by Gasteiger charge is 2.04. The fourth-order valence-corrected chi connectivity index (χ4v) is 0.939. The number of carbonyl (C=O) groups excluding carboxylic acids is 1. The highest BCUT2D eigenvalue weighted by Crippen LogP contribution is 2.12. The lowest BCUT2D eigenvalue weighted by atomic mass is 10.0. The number of hydrogen-bond donors (Lipinski definition) is 0. The quantitative estimate of drug-likeness (QED) is 0.528. The molecule has 0 bridgehead atoms. The van der Waals surface area contributed by atoms with Crippen LogP contribution in [0.3, 0.4) is 0 Å².